The van der Waals surface area contributed by atoms with Crippen molar-refractivity contribution in [3.8, 4) is 15.6 Å². The van der Waals surface area contributed by atoms with Crippen molar-refractivity contribution in [2.75, 3.05) is 7.11 Å². The van der Waals surface area contributed by atoms with Crippen LogP contribution in [-0.4, -0.2) is 17.1 Å². The molecular weight excluding hydrogens is 264 g/mol. The second kappa shape index (κ2) is 4.06. The molecule has 0 aliphatic rings. The topological polar surface area (TPSA) is 35.0 Å². The number of hydrogen-bond donors (Lipinski definition) is 0. The van der Waals surface area contributed by atoms with Gasteiger partial charge in [-0.15, -0.1) is 0 Å². The summed E-state index contributed by atoms with van der Waals surface area (Å²) in [4.78, 5) is 8.29. The van der Waals surface area contributed by atoms with Crippen LogP contribution in [0.25, 0.3) is 10.6 Å². The number of pyridine rings is 1. The zero-order valence-corrected chi connectivity index (χ0v) is 9.80. The van der Waals surface area contributed by atoms with Gasteiger partial charge in [0.2, 0.25) is 5.06 Å². The Labute approximate surface area is 93.9 Å². The van der Waals surface area contributed by atoms with Crippen molar-refractivity contribution in [2.45, 2.75) is 0 Å². The highest BCUT2D eigenvalue weighted by Crippen LogP contribution is 2.36. The molecule has 5 heteroatoms. The van der Waals surface area contributed by atoms with Crippen LogP contribution >= 0.6 is 27.3 Å². The minimum atomic E-state index is 0.747. The molecule has 0 aliphatic heterocycles. The number of thiazole rings is 1. The third kappa shape index (κ3) is 1.78. The van der Waals surface area contributed by atoms with E-state index in [1.165, 1.54) is 11.3 Å². The van der Waals surface area contributed by atoms with E-state index in [2.05, 4.69) is 25.9 Å². The minimum Gasteiger partial charge on any atom is -0.485 e. The number of nitrogens with zero attached hydrogens (tertiary/aromatic N) is 2. The van der Waals surface area contributed by atoms with Gasteiger partial charge in [-0.1, -0.05) is 11.3 Å². The highest BCUT2D eigenvalue weighted by Gasteiger charge is 2.09. The molecule has 0 radical (unpaired) electrons. The van der Waals surface area contributed by atoms with E-state index in [0.717, 1.165) is 20.2 Å². The van der Waals surface area contributed by atoms with Crippen LogP contribution in [0.3, 0.4) is 0 Å². The summed E-state index contributed by atoms with van der Waals surface area (Å²) in [6, 6.07) is 3.84. The van der Waals surface area contributed by atoms with Crippen molar-refractivity contribution in [3.05, 3.63) is 29.1 Å². The lowest BCUT2D eigenvalue weighted by molar-refractivity contribution is 0.423. The molecule has 2 aromatic rings. The molecule has 14 heavy (non-hydrogen) atoms. The third-order valence-electron chi connectivity index (χ3n) is 1.67. The lowest BCUT2D eigenvalue weighted by atomic mass is 10.3. The minimum absolute atomic E-state index is 0.747. The Kier molecular flexibility index (Phi) is 2.79. The number of rotatable bonds is 2. The van der Waals surface area contributed by atoms with Gasteiger partial charge in [0.1, 0.15) is 5.01 Å². The molecule has 0 atom stereocenters. The van der Waals surface area contributed by atoms with E-state index < -0.39 is 0 Å². The van der Waals surface area contributed by atoms with Crippen LogP contribution in [-0.2, 0) is 0 Å². The predicted octanol–water partition coefficient (Wildman–Crippen LogP) is 2.98. The van der Waals surface area contributed by atoms with Gasteiger partial charge in [0.15, 0.2) is 4.60 Å². The van der Waals surface area contributed by atoms with Crippen LogP contribution in [0.2, 0.25) is 0 Å². The number of aromatic nitrogens is 2. The van der Waals surface area contributed by atoms with E-state index >= 15 is 0 Å². The molecule has 0 amide bonds. The fraction of sp³-hybridized carbons (Fsp3) is 0.111. The molecule has 2 aromatic heterocycles. The molecule has 0 spiro atoms. The molecule has 0 aliphatic carbocycles. The molecule has 0 bridgehead atoms. The van der Waals surface area contributed by atoms with Gasteiger partial charge in [0.25, 0.3) is 0 Å². The SMILES string of the molecule is COc1sc(-c2ccncc2)nc1Br. The van der Waals surface area contributed by atoms with E-state index in [1.807, 2.05) is 12.1 Å². The summed E-state index contributed by atoms with van der Waals surface area (Å²) in [6.45, 7) is 0. The first-order valence-corrected chi connectivity index (χ1v) is 5.53. The summed E-state index contributed by atoms with van der Waals surface area (Å²) in [6.07, 6.45) is 3.49. The largest absolute Gasteiger partial charge is 0.485 e. The second-order valence-corrected chi connectivity index (χ2v) is 4.25. The molecule has 0 N–H and O–H groups in total. The Balaban J connectivity index is 2.43. The van der Waals surface area contributed by atoms with E-state index in [1.54, 1.807) is 19.5 Å². The Morgan fingerprint density at radius 1 is 1.36 bits per heavy atom. The van der Waals surface area contributed by atoms with Gasteiger partial charge in [-0.05, 0) is 28.1 Å². The van der Waals surface area contributed by atoms with E-state index in [9.17, 15) is 0 Å². The Hall–Kier alpha value is -0.940. The molecule has 2 rings (SSSR count). The molecular formula is C9H7BrN2OS. The van der Waals surface area contributed by atoms with Crippen molar-refractivity contribution < 1.29 is 4.74 Å². The van der Waals surface area contributed by atoms with Crippen LogP contribution in [0.15, 0.2) is 29.1 Å². The average molecular weight is 271 g/mol. The second-order valence-electron chi connectivity index (χ2n) is 2.54. The molecule has 0 saturated carbocycles. The maximum Gasteiger partial charge on any atom is 0.209 e. The van der Waals surface area contributed by atoms with Crippen LogP contribution in [0.4, 0.5) is 0 Å². The predicted molar refractivity (Wildman–Crippen MR) is 59.6 cm³/mol. The molecule has 3 nitrogen and oxygen atoms in total. The Bertz CT molecular complexity index is 430. The van der Waals surface area contributed by atoms with Crippen LogP contribution in [0.5, 0.6) is 5.06 Å². The van der Waals surface area contributed by atoms with Gasteiger partial charge in [0.05, 0.1) is 7.11 Å². The summed E-state index contributed by atoms with van der Waals surface area (Å²) in [5.41, 5.74) is 1.05. The van der Waals surface area contributed by atoms with Crippen molar-refractivity contribution in [1.82, 2.24) is 9.97 Å². The molecule has 2 heterocycles. The quantitative estimate of drug-likeness (QED) is 0.842. The van der Waals surface area contributed by atoms with Crippen LogP contribution in [0, 0.1) is 0 Å². The molecule has 0 unspecified atom stereocenters. The fourth-order valence-corrected chi connectivity index (χ4v) is 2.51. The summed E-state index contributed by atoms with van der Waals surface area (Å²) in [7, 11) is 1.63. The highest BCUT2D eigenvalue weighted by molar-refractivity contribution is 9.10. The fourth-order valence-electron chi connectivity index (χ4n) is 1.03. The smallest absolute Gasteiger partial charge is 0.209 e. The third-order valence-corrected chi connectivity index (χ3v) is 3.54. The first-order chi connectivity index (χ1) is 6.81. The summed E-state index contributed by atoms with van der Waals surface area (Å²) >= 11 is 4.84. The number of halogens is 1. The summed E-state index contributed by atoms with van der Waals surface area (Å²) in [5, 5.41) is 1.72. The van der Waals surface area contributed by atoms with E-state index in [0.29, 0.717) is 0 Å². The van der Waals surface area contributed by atoms with Gasteiger partial charge in [-0.25, -0.2) is 4.98 Å². The number of hydrogen-bond acceptors (Lipinski definition) is 4. The van der Waals surface area contributed by atoms with Gasteiger partial charge in [-0.3, -0.25) is 4.98 Å². The van der Waals surface area contributed by atoms with Crippen molar-refractivity contribution >= 4 is 27.3 Å². The van der Waals surface area contributed by atoms with Crippen molar-refractivity contribution in [2.24, 2.45) is 0 Å². The Morgan fingerprint density at radius 2 is 2.07 bits per heavy atom. The van der Waals surface area contributed by atoms with Crippen molar-refractivity contribution in [1.29, 1.82) is 0 Å². The van der Waals surface area contributed by atoms with Crippen LogP contribution in [0.1, 0.15) is 0 Å². The molecule has 0 fully saturated rings. The highest BCUT2D eigenvalue weighted by atomic mass is 79.9. The number of methoxy groups -OCH3 is 1. The maximum absolute atomic E-state index is 5.14. The first-order valence-electron chi connectivity index (χ1n) is 3.92. The Morgan fingerprint density at radius 3 is 2.64 bits per heavy atom. The lowest BCUT2D eigenvalue weighted by Gasteiger charge is -1.92. The van der Waals surface area contributed by atoms with E-state index in [-0.39, 0.29) is 0 Å². The zero-order valence-electron chi connectivity index (χ0n) is 7.40. The van der Waals surface area contributed by atoms with Crippen LogP contribution < -0.4 is 4.74 Å². The monoisotopic (exact) mass is 270 g/mol. The standard InChI is InChI=1S/C9H7BrN2OS/c1-13-9-7(10)12-8(14-9)6-2-4-11-5-3-6/h2-5H,1H3. The van der Waals surface area contributed by atoms with Gasteiger partial charge < -0.3 is 4.74 Å². The molecule has 0 aromatic carbocycles. The van der Waals surface area contributed by atoms with Crippen molar-refractivity contribution in [3.63, 3.8) is 0 Å². The molecule has 0 saturated heterocycles. The summed E-state index contributed by atoms with van der Waals surface area (Å²) in [5.74, 6) is 0. The molecule has 72 valence electrons. The maximum atomic E-state index is 5.14. The van der Waals surface area contributed by atoms with E-state index in [4.69, 9.17) is 4.74 Å². The lowest BCUT2D eigenvalue weighted by Crippen LogP contribution is -1.77. The average Bonchev–Trinajstić information content (AvgIpc) is 2.61. The zero-order chi connectivity index (χ0) is 9.97. The van der Waals surface area contributed by atoms with Gasteiger partial charge in [-0.2, -0.15) is 0 Å². The van der Waals surface area contributed by atoms with Gasteiger partial charge >= 0.3 is 0 Å². The normalized spacial score (nSPS) is 10.1. The summed E-state index contributed by atoms with van der Waals surface area (Å²) < 4.78 is 5.89. The number of ether oxygens (including phenoxy) is 1. The first kappa shape index (κ1) is 9.61. The van der Waals surface area contributed by atoms with Gasteiger partial charge in [0, 0.05) is 18.0 Å².